The van der Waals surface area contributed by atoms with Crippen molar-refractivity contribution < 1.29 is 0 Å². The van der Waals surface area contributed by atoms with Crippen LogP contribution in [-0.4, -0.2) is 17.0 Å². The number of aromatic nitrogens is 1. The molecular formula is C13H14N2S2. The summed E-state index contributed by atoms with van der Waals surface area (Å²) in [5, 5.41) is 3.09. The molecule has 0 spiro atoms. The molecule has 4 heteroatoms. The van der Waals surface area contributed by atoms with Crippen molar-refractivity contribution in [2.75, 3.05) is 6.26 Å². The van der Waals surface area contributed by atoms with Crippen molar-refractivity contribution in [3.05, 3.63) is 39.8 Å². The normalized spacial score (nSPS) is 12.2. The molecule has 0 fully saturated rings. The zero-order chi connectivity index (χ0) is 11.1. The van der Waals surface area contributed by atoms with Crippen molar-refractivity contribution in [1.82, 2.24) is 4.98 Å². The predicted octanol–water partition coefficient (Wildman–Crippen LogP) is 4.29. The van der Waals surface area contributed by atoms with E-state index in [-0.39, 0.29) is 7.43 Å². The van der Waals surface area contributed by atoms with Crippen molar-refractivity contribution in [2.45, 2.75) is 19.2 Å². The van der Waals surface area contributed by atoms with Gasteiger partial charge in [-0.1, -0.05) is 7.43 Å². The van der Waals surface area contributed by atoms with E-state index in [4.69, 9.17) is 0 Å². The highest BCUT2D eigenvalue weighted by atomic mass is 32.2. The Morgan fingerprint density at radius 1 is 1.29 bits per heavy atom. The van der Waals surface area contributed by atoms with E-state index in [1.807, 2.05) is 6.92 Å². The van der Waals surface area contributed by atoms with Gasteiger partial charge in [0.1, 0.15) is 10.7 Å². The van der Waals surface area contributed by atoms with Crippen LogP contribution in [0.4, 0.5) is 5.69 Å². The second-order valence-electron chi connectivity index (χ2n) is 3.64. The largest absolute Gasteiger partial charge is 0.244 e. The fourth-order valence-corrected chi connectivity index (χ4v) is 2.92. The van der Waals surface area contributed by atoms with Crippen molar-refractivity contribution in [3.63, 3.8) is 0 Å². The first-order chi connectivity index (χ1) is 7.78. The molecule has 0 N–H and O–H groups in total. The predicted molar refractivity (Wildman–Crippen MR) is 77.1 cm³/mol. The highest BCUT2D eigenvalue weighted by molar-refractivity contribution is 7.98. The maximum atomic E-state index is 4.53. The fraction of sp³-hybridized carbons (Fsp3) is 0.231. The van der Waals surface area contributed by atoms with Gasteiger partial charge in [0.2, 0.25) is 0 Å². The van der Waals surface area contributed by atoms with Gasteiger partial charge >= 0.3 is 0 Å². The molecule has 88 valence electrons. The van der Waals surface area contributed by atoms with Gasteiger partial charge < -0.3 is 0 Å². The summed E-state index contributed by atoms with van der Waals surface area (Å²) in [5.74, 6) is 0. The number of fused-ring (bicyclic) bond motifs is 1. The second-order valence-corrected chi connectivity index (χ2v) is 5.38. The highest BCUT2D eigenvalue weighted by Crippen LogP contribution is 2.36. The van der Waals surface area contributed by atoms with Crippen LogP contribution in [0, 0.1) is 6.92 Å². The van der Waals surface area contributed by atoms with Gasteiger partial charge in [0.15, 0.2) is 0 Å². The quantitative estimate of drug-likeness (QED) is 0.644. The number of aliphatic imine (C=N–C) groups is 1. The molecule has 1 aliphatic rings. The summed E-state index contributed by atoms with van der Waals surface area (Å²) in [7, 11) is 0. The van der Waals surface area contributed by atoms with Gasteiger partial charge in [-0.05, 0) is 31.4 Å². The van der Waals surface area contributed by atoms with Gasteiger partial charge in [-0.2, -0.15) is 0 Å². The van der Waals surface area contributed by atoms with E-state index >= 15 is 0 Å². The van der Waals surface area contributed by atoms with Gasteiger partial charge in [0.25, 0.3) is 0 Å². The van der Waals surface area contributed by atoms with E-state index in [1.165, 1.54) is 10.5 Å². The SMILES string of the molecule is C.CSc1ccc2c(c1)N=C2c1nc(C)cs1. The molecule has 0 amide bonds. The average molecular weight is 262 g/mol. The van der Waals surface area contributed by atoms with E-state index in [0.29, 0.717) is 0 Å². The lowest BCUT2D eigenvalue weighted by Gasteiger charge is -2.17. The van der Waals surface area contributed by atoms with Crippen molar-refractivity contribution >= 4 is 34.5 Å². The zero-order valence-corrected chi connectivity index (χ0v) is 10.7. The van der Waals surface area contributed by atoms with Crippen LogP contribution < -0.4 is 0 Å². The average Bonchev–Trinajstić information content (AvgIpc) is 2.66. The molecule has 0 aliphatic carbocycles. The molecule has 2 heterocycles. The fourth-order valence-electron chi connectivity index (χ4n) is 1.68. The number of nitrogens with zero attached hydrogens (tertiary/aromatic N) is 2. The van der Waals surface area contributed by atoms with Crippen LogP contribution in [0.3, 0.4) is 0 Å². The molecule has 2 nitrogen and oxygen atoms in total. The minimum atomic E-state index is 0. The number of hydrogen-bond donors (Lipinski definition) is 0. The van der Waals surface area contributed by atoms with E-state index in [9.17, 15) is 0 Å². The molecule has 1 aromatic heterocycles. The van der Waals surface area contributed by atoms with Crippen molar-refractivity contribution in [1.29, 1.82) is 0 Å². The van der Waals surface area contributed by atoms with E-state index in [2.05, 4.69) is 39.8 Å². The lowest BCUT2D eigenvalue weighted by atomic mass is 10.0. The van der Waals surface area contributed by atoms with Crippen LogP contribution >= 0.6 is 23.1 Å². The summed E-state index contributed by atoms with van der Waals surface area (Å²) >= 11 is 3.40. The van der Waals surface area contributed by atoms with Crippen molar-refractivity contribution in [2.24, 2.45) is 4.99 Å². The van der Waals surface area contributed by atoms with Crippen LogP contribution in [0.15, 0.2) is 33.5 Å². The van der Waals surface area contributed by atoms with E-state index in [0.717, 1.165) is 22.1 Å². The summed E-state index contributed by atoms with van der Waals surface area (Å²) in [6.45, 7) is 2.01. The maximum Gasteiger partial charge on any atom is 0.142 e. The lowest BCUT2D eigenvalue weighted by Crippen LogP contribution is -2.10. The van der Waals surface area contributed by atoms with Crippen LogP contribution in [0.5, 0.6) is 0 Å². The van der Waals surface area contributed by atoms with Crippen LogP contribution in [0.2, 0.25) is 0 Å². The Morgan fingerprint density at radius 2 is 2.12 bits per heavy atom. The third-order valence-electron chi connectivity index (χ3n) is 2.51. The molecule has 0 radical (unpaired) electrons. The van der Waals surface area contributed by atoms with E-state index < -0.39 is 0 Å². The number of thioether (sulfide) groups is 1. The number of benzene rings is 1. The Kier molecular flexibility index (Phi) is 3.35. The maximum absolute atomic E-state index is 4.53. The lowest BCUT2D eigenvalue weighted by molar-refractivity contribution is 1.23. The molecule has 0 saturated carbocycles. The topological polar surface area (TPSA) is 25.2 Å². The third-order valence-corrected chi connectivity index (χ3v) is 4.21. The van der Waals surface area contributed by atoms with Crippen molar-refractivity contribution in [3.8, 4) is 0 Å². The molecular weight excluding hydrogens is 248 g/mol. The number of rotatable bonds is 2. The number of thiazole rings is 1. The van der Waals surface area contributed by atoms with Crippen LogP contribution in [-0.2, 0) is 0 Å². The summed E-state index contributed by atoms with van der Waals surface area (Å²) in [6.07, 6.45) is 2.08. The molecule has 1 aromatic carbocycles. The number of aryl methyl sites for hydroxylation is 1. The standard InChI is InChI=1S/C12H10N2S2.CH4/c1-7-6-16-12(13-7)11-9-4-3-8(15-2)5-10(9)14-11;/h3-6H,1-2H3;1H4. The van der Waals surface area contributed by atoms with Gasteiger partial charge in [-0.15, -0.1) is 23.1 Å². The molecule has 1 aliphatic heterocycles. The Balaban J connectivity index is 0.00000108. The molecule has 0 saturated heterocycles. The first kappa shape index (κ1) is 12.3. The first-order valence-corrected chi connectivity index (χ1v) is 7.08. The molecule has 3 rings (SSSR count). The minimum absolute atomic E-state index is 0. The third kappa shape index (κ3) is 2.03. The van der Waals surface area contributed by atoms with Gasteiger partial charge in [-0.25, -0.2) is 9.98 Å². The first-order valence-electron chi connectivity index (χ1n) is 4.97. The molecule has 2 aromatic rings. The second kappa shape index (κ2) is 4.63. The summed E-state index contributed by atoms with van der Waals surface area (Å²) < 4.78 is 0. The summed E-state index contributed by atoms with van der Waals surface area (Å²) in [4.78, 5) is 10.2. The van der Waals surface area contributed by atoms with E-state index in [1.54, 1.807) is 23.1 Å². The minimum Gasteiger partial charge on any atom is -0.244 e. The Bertz CT molecular complexity index is 585. The molecule has 0 bridgehead atoms. The Morgan fingerprint density at radius 3 is 2.71 bits per heavy atom. The number of hydrogen-bond acceptors (Lipinski definition) is 4. The zero-order valence-electron chi connectivity index (χ0n) is 9.02. The monoisotopic (exact) mass is 262 g/mol. The summed E-state index contributed by atoms with van der Waals surface area (Å²) in [5.41, 5.74) is 4.43. The Labute approximate surface area is 110 Å². The van der Waals surface area contributed by atoms with Crippen LogP contribution in [0.25, 0.3) is 0 Å². The molecule has 17 heavy (non-hydrogen) atoms. The molecule has 0 unspecified atom stereocenters. The molecule has 0 atom stereocenters. The van der Waals surface area contributed by atoms with Crippen LogP contribution in [0.1, 0.15) is 23.7 Å². The van der Waals surface area contributed by atoms with Gasteiger partial charge in [-0.3, -0.25) is 0 Å². The Hall–Kier alpha value is -1.13. The van der Waals surface area contributed by atoms with Gasteiger partial charge in [0.05, 0.1) is 5.69 Å². The van der Waals surface area contributed by atoms with Gasteiger partial charge in [0, 0.05) is 21.5 Å². The highest BCUT2D eigenvalue weighted by Gasteiger charge is 2.22. The smallest absolute Gasteiger partial charge is 0.142 e. The summed E-state index contributed by atoms with van der Waals surface area (Å²) in [6, 6.07) is 6.41.